The van der Waals surface area contributed by atoms with Gasteiger partial charge >= 0.3 is 5.97 Å². The van der Waals surface area contributed by atoms with Crippen LogP contribution in [-0.2, 0) is 4.79 Å². The van der Waals surface area contributed by atoms with Crippen LogP contribution in [0.5, 0.6) is 0 Å². The van der Waals surface area contributed by atoms with Crippen molar-refractivity contribution < 1.29 is 9.90 Å². The van der Waals surface area contributed by atoms with Gasteiger partial charge in [-0.15, -0.1) is 11.3 Å². The van der Waals surface area contributed by atoms with E-state index in [2.05, 4.69) is 0 Å². The topological polar surface area (TPSA) is 63.3 Å². The quantitative estimate of drug-likeness (QED) is 0.719. The fourth-order valence-corrected chi connectivity index (χ4v) is 2.29. The van der Waals surface area contributed by atoms with E-state index in [-0.39, 0.29) is 5.92 Å². The van der Waals surface area contributed by atoms with Gasteiger partial charge in [0.15, 0.2) is 0 Å². The fraction of sp³-hybridized carbons (Fsp3) is 0.375. The largest absolute Gasteiger partial charge is 0.480 e. The number of carboxylic acid groups (broad SMARTS) is 1. The van der Waals surface area contributed by atoms with Gasteiger partial charge in [-0.2, -0.15) is 0 Å². The first kappa shape index (κ1) is 7.76. The van der Waals surface area contributed by atoms with Crippen molar-refractivity contribution in [2.75, 3.05) is 0 Å². The normalized spacial score (nSPS) is 33.2. The Kier molecular flexibility index (Phi) is 1.49. The summed E-state index contributed by atoms with van der Waals surface area (Å²) >= 11 is 1.57. The van der Waals surface area contributed by atoms with Crippen molar-refractivity contribution in [2.45, 2.75) is 17.9 Å². The Hall–Kier alpha value is -0.870. The van der Waals surface area contributed by atoms with Crippen LogP contribution in [0, 0.1) is 0 Å². The third kappa shape index (κ3) is 0.956. The second kappa shape index (κ2) is 2.31. The van der Waals surface area contributed by atoms with Gasteiger partial charge in [-0.3, -0.25) is 4.79 Å². The van der Waals surface area contributed by atoms with E-state index in [9.17, 15) is 4.79 Å². The highest BCUT2D eigenvalue weighted by molar-refractivity contribution is 7.10. The molecule has 3 N–H and O–H groups in total. The smallest absolute Gasteiger partial charge is 0.324 e. The summed E-state index contributed by atoms with van der Waals surface area (Å²) in [6.07, 6.45) is 0.572. The Morgan fingerprint density at radius 2 is 2.58 bits per heavy atom. The molecule has 0 radical (unpaired) electrons. The lowest BCUT2D eigenvalue weighted by molar-refractivity contribution is -0.139. The van der Waals surface area contributed by atoms with E-state index in [1.165, 1.54) is 0 Å². The molecule has 0 amide bonds. The maximum atomic E-state index is 10.7. The third-order valence-corrected chi connectivity index (χ3v) is 3.27. The summed E-state index contributed by atoms with van der Waals surface area (Å²) < 4.78 is 0. The molecule has 3 nitrogen and oxygen atoms in total. The van der Waals surface area contributed by atoms with Gasteiger partial charge < -0.3 is 10.8 Å². The van der Waals surface area contributed by atoms with Crippen LogP contribution in [0.15, 0.2) is 17.5 Å². The molecule has 1 aliphatic rings. The molecule has 0 spiro atoms. The Morgan fingerprint density at radius 3 is 3.00 bits per heavy atom. The summed E-state index contributed by atoms with van der Waals surface area (Å²) in [6.45, 7) is 0. The molecular formula is C8H9NO2S. The predicted octanol–water partition coefficient (Wildman–Crippen LogP) is 1.02. The number of carbonyl (C=O) groups is 1. The van der Waals surface area contributed by atoms with Crippen LogP contribution in [0.1, 0.15) is 17.2 Å². The van der Waals surface area contributed by atoms with Gasteiger partial charge in [0, 0.05) is 10.8 Å². The zero-order chi connectivity index (χ0) is 8.77. The molecule has 64 valence electrons. The molecule has 2 atom stereocenters. The molecule has 0 bridgehead atoms. The molecule has 0 aromatic carbocycles. The van der Waals surface area contributed by atoms with E-state index in [1.54, 1.807) is 11.3 Å². The van der Waals surface area contributed by atoms with Crippen LogP contribution in [0.3, 0.4) is 0 Å². The number of carboxylic acids is 1. The highest BCUT2D eigenvalue weighted by Gasteiger charge is 2.58. The first-order valence-corrected chi connectivity index (χ1v) is 4.58. The van der Waals surface area contributed by atoms with Crippen molar-refractivity contribution in [2.24, 2.45) is 5.73 Å². The van der Waals surface area contributed by atoms with Crippen molar-refractivity contribution in [3.63, 3.8) is 0 Å². The van der Waals surface area contributed by atoms with Crippen LogP contribution < -0.4 is 5.73 Å². The SMILES string of the molecule is N[C@]1(C(=O)O)C[C@H]1c1cccs1. The standard InChI is InChI=1S/C8H9NO2S/c9-8(7(10)11)4-5(8)6-2-1-3-12-6/h1-3,5H,4,9H2,(H,10,11)/t5-,8+/m0/s1. The highest BCUT2D eigenvalue weighted by Crippen LogP contribution is 2.50. The van der Waals surface area contributed by atoms with Gasteiger partial charge in [-0.05, 0) is 17.9 Å². The molecule has 1 aromatic heterocycles. The van der Waals surface area contributed by atoms with Gasteiger partial charge in [0.1, 0.15) is 5.54 Å². The molecule has 1 heterocycles. The van der Waals surface area contributed by atoms with E-state index >= 15 is 0 Å². The Morgan fingerprint density at radius 1 is 1.83 bits per heavy atom. The van der Waals surface area contributed by atoms with Crippen LogP contribution in [0.25, 0.3) is 0 Å². The number of nitrogens with two attached hydrogens (primary N) is 1. The Labute approximate surface area is 73.8 Å². The first-order valence-electron chi connectivity index (χ1n) is 3.70. The number of hydrogen-bond donors (Lipinski definition) is 2. The van der Waals surface area contributed by atoms with Gasteiger partial charge in [0.25, 0.3) is 0 Å². The van der Waals surface area contributed by atoms with E-state index in [0.717, 1.165) is 4.88 Å². The highest BCUT2D eigenvalue weighted by atomic mass is 32.1. The zero-order valence-electron chi connectivity index (χ0n) is 6.36. The van der Waals surface area contributed by atoms with Crippen molar-refractivity contribution in [1.29, 1.82) is 0 Å². The van der Waals surface area contributed by atoms with Crippen LogP contribution in [-0.4, -0.2) is 16.6 Å². The molecular weight excluding hydrogens is 174 g/mol. The van der Waals surface area contributed by atoms with Crippen molar-refractivity contribution in [3.8, 4) is 0 Å². The summed E-state index contributed by atoms with van der Waals surface area (Å²) in [7, 11) is 0. The van der Waals surface area contributed by atoms with Gasteiger partial charge in [0.2, 0.25) is 0 Å². The average Bonchev–Trinajstić information content (AvgIpc) is 2.49. The monoisotopic (exact) mass is 183 g/mol. The summed E-state index contributed by atoms with van der Waals surface area (Å²) in [5.74, 6) is -0.851. The number of rotatable bonds is 2. The maximum absolute atomic E-state index is 10.7. The fourth-order valence-electron chi connectivity index (χ4n) is 1.36. The minimum absolute atomic E-state index is 0.0370. The van der Waals surface area contributed by atoms with E-state index in [0.29, 0.717) is 6.42 Å². The molecule has 0 aliphatic heterocycles. The molecule has 1 aliphatic carbocycles. The summed E-state index contributed by atoms with van der Waals surface area (Å²) in [5, 5.41) is 10.7. The van der Waals surface area contributed by atoms with Gasteiger partial charge in [0.05, 0.1) is 0 Å². The first-order chi connectivity index (χ1) is 5.64. The molecule has 12 heavy (non-hydrogen) atoms. The number of aliphatic carboxylic acids is 1. The van der Waals surface area contributed by atoms with Crippen molar-refractivity contribution >= 4 is 17.3 Å². The third-order valence-electron chi connectivity index (χ3n) is 2.29. The molecule has 0 saturated heterocycles. The summed E-state index contributed by atoms with van der Waals surface area (Å²) in [4.78, 5) is 11.8. The van der Waals surface area contributed by atoms with Crippen LogP contribution in [0.4, 0.5) is 0 Å². The Balaban J connectivity index is 2.19. The number of hydrogen-bond acceptors (Lipinski definition) is 3. The predicted molar refractivity (Wildman–Crippen MR) is 46.2 cm³/mol. The van der Waals surface area contributed by atoms with E-state index < -0.39 is 11.5 Å². The molecule has 1 fully saturated rings. The zero-order valence-corrected chi connectivity index (χ0v) is 7.17. The van der Waals surface area contributed by atoms with E-state index in [4.69, 9.17) is 10.8 Å². The molecule has 0 unspecified atom stereocenters. The molecule has 1 saturated carbocycles. The minimum atomic E-state index is -0.981. The minimum Gasteiger partial charge on any atom is -0.480 e. The maximum Gasteiger partial charge on any atom is 0.324 e. The van der Waals surface area contributed by atoms with Crippen LogP contribution >= 0.6 is 11.3 Å². The lowest BCUT2D eigenvalue weighted by atomic mass is 10.2. The lowest BCUT2D eigenvalue weighted by Gasteiger charge is -2.02. The van der Waals surface area contributed by atoms with Crippen molar-refractivity contribution in [1.82, 2.24) is 0 Å². The van der Waals surface area contributed by atoms with E-state index in [1.807, 2.05) is 17.5 Å². The Bertz CT molecular complexity index is 309. The second-order valence-corrected chi connectivity index (χ2v) is 4.10. The van der Waals surface area contributed by atoms with Gasteiger partial charge in [-0.1, -0.05) is 6.07 Å². The molecule has 2 rings (SSSR count). The second-order valence-electron chi connectivity index (χ2n) is 3.12. The average molecular weight is 183 g/mol. The molecule has 1 aromatic rings. The van der Waals surface area contributed by atoms with Crippen LogP contribution in [0.2, 0.25) is 0 Å². The number of thiophene rings is 1. The lowest BCUT2D eigenvalue weighted by Crippen LogP contribution is -2.34. The summed E-state index contributed by atoms with van der Waals surface area (Å²) in [6, 6.07) is 3.85. The molecule has 4 heteroatoms. The summed E-state index contributed by atoms with van der Waals surface area (Å²) in [5.41, 5.74) is 4.65. The van der Waals surface area contributed by atoms with Crippen molar-refractivity contribution in [3.05, 3.63) is 22.4 Å². The van der Waals surface area contributed by atoms with Gasteiger partial charge in [-0.25, -0.2) is 0 Å².